The van der Waals surface area contributed by atoms with Gasteiger partial charge in [-0.2, -0.15) is 0 Å². The minimum absolute atomic E-state index is 0.0833. The van der Waals surface area contributed by atoms with Crippen LogP contribution in [0.5, 0.6) is 0 Å². The molecule has 1 saturated heterocycles. The summed E-state index contributed by atoms with van der Waals surface area (Å²) < 4.78 is 32.6. The maximum atomic E-state index is 12.6. The van der Waals surface area contributed by atoms with Crippen molar-refractivity contribution in [2.75, 3.05) is 44.6 Å². The number of sulfonamides is 1. The third-order valence-electron chi connectivity index (χ3n) is 4.81. The number of likely N-dealkylation sites (N-methyl/N-ethyl adjacent to an activating group) is 1. The van der Waals surface area contributed by atoms with Crippen LogP contribution in [0.25, 0.3) is 0 Å². The Balaban J connectivity index is 1.65. The summed E-state index contributed by atoms with van der Waals surface area (Å²) in [4.78, 5) is 37.8. The van der Waals surface area contributed by atoms with Gasteiger partial charge in [0.1, 0.15) is 0 Å². The number of carbonyl (C=O) groups is 2. The number of anilines is 1. The Morgan fingerprint density at radius 1 is 1.16 bits per heavy atom. The van der Waals surface area contributed by atoms with Crippen LogP contribution in [0.1, 0.15) is 10.4 Å². The molecular weight excluding hydrogens is 440 g/mol. The Labute approximate surface area is 184 Å². The smallest absolute Gasteiger partial charge is 0.270 e. The van der Waals surface area contributed by atoms with E-state index in [2.05, 4.69) is 4.72 Å². The number of morpholine rings is 1. The lowest BCUT2D eigenvalue weighted by Gasteiger charge is -2.28. The van der Waals surface area contributed by atoms with Crippen LogP contribution in [0.15, 0.2) is 53.4 Å². The minimum Gasteiger partial charge on any atom is -0.378 e. The van der Waals surface area contributed by atoms with Crippen LogP contribution in [-0.2, 0) is 19.6 Å². The SMILES string of the molecule is CN(CC(=O)N1CCOCC1)C(=O)c1ccc(NS(=O)(=O)c2cccc([N+](=O)[O-])c2)cc1. The Morgan fingerprint density at radius 2 is 1.81 bits per heavy atom. The summed E-state index contributed by atoms with van der Waals surface area (Å²) in [6.45, 7) is 1.83. The van der Waals surface area contributed by atoms with Crippen LogP contribution in [0.3, 0.4) is 0 Å². The quantitative estimate of drug-likeness (QED) is 0.484. The van der Waals surface area contributed by atoms with E-state index >= 15 is 0 Å². The number of hydrogen-bond donors (Lipinski definition) is 1. The zero-order valence-corrected chi connectivity index (χ0v) is 18.1. The van der Waals surface area contributed by atoms with E-state index in [9.17, 15) is 28.1 Å². The molecule has 11 nitrogen and oxygen atoms in total. The number of rotatable bonds is 7. The molecule has 2 aromatic carbocycles. The highest BCUT2D eigenvalue weighted by atomic mass is 32.2. The van der Waals surface area contributed by atoms with E-state index in [-0.39, 0.29) is 40.2 Å². The zero-order chi connectivity index (χ0) is 23.3. The monoisotopic (exact) mass is 462 g/mol. The van der Waals surface area contributed by atoms with Gasteiger partial charge in [0.2, 0.25) is 5.91 Å². The molecule has 32 heavy (non-hydrogen) atoms. The maximum absolute atomic E-state index is 12.6. The highest BCUT2D eigenvalue weighted by molar-refractivity contribution is 7.92. The Morgan fingerprint density at radius 3 is 2.44 bits per heavy atom. The lowest BCUT2D eigenvalue weighted by Crippen LogP contribution is -2.46. The summed E-state index contributed by atoms with van der Waals surface area (Å²) >= 11 is 0. The predicted molar refractivity (Wildman–Crippen MR) is 115 cm³/mol. The summed E-state index contributed by atoms with van der Waals surface area (Å²) in [6, 6.07) is 10.3. The number of carbonyl (C=O) groups excluding carboxylic acids is 2. The van der Waals surface area contributed by atoms with Crippen molar-refractivity contribution in [2.45, 2.75) is 4.90 Å². The summed E-state index contributed by atoms with van der Waals surface area (Å²) in [5, 5.41) is 10.9. The van der Waals surface area contributed by atoms with Gasteiger partial charge < -0.3 is 14.5 Å². The molecule has 1 heterocycles. The maximum Gasteiger partial charge on any atom is 0.270 e. The first-order valence-corrected chi connectivity index (χ1v) is 11.1. The van der Waals surface area contributed by atoms with Gasteiger partial charge in [-0.15, -0.1) is 0 Å². The number of nitrogens with one attached hydrogen (secondary N) is 1. The van der Waals surface area contributed by atoms with Crippen LogP contribution in [0.4, 0.5) is 11.4 Å². The molecular formula is C20H22N4O7S. The van der Waals surface area contributed by atoms with Crippen molar-refractivity contribution in [1.29, 1.82) is 0 Å². The minimum atomic E-state index is -4.06. The first kappa shape index (κ1) is 23.2. The van der Waals surface area contributed by atoms with E-state index in [0.29, 0.717) is 26.3 Å². The van der Waals surface area contributed by atoms with Crippen molar-refractivity contribution < 1.29 is 27.7 Å². The van der Waals surface area contributed by atoms with Gasteiger partial charge in [-0.05, 0) is 30.3 Å². The average molecular weight is 462 g/mol. The van der Waals surface area contributed by atoms with Crippen molar-refractivity contribution in [3.05, 3.63) is 64.2 Å². The molecule has 1 aliphatic heterocycles. The number of nitro groups is 1. The molecule has 1 fully saturated rings. The molecule has 12 heteroatoms. The van der Waals surface area contributed by atoms with Gasteiger partial charge >= 0.3 is 0 Å². The second-order valence-corrected chi connectivity index (χ2v) is 8.77. The lowest BCUT2D eigenvalue weighted by atomic mass is 10.2. The first-order chi connectivity index (χ1) is 15.2. The van der Waals surface area contributed by atoms with Gasteiger partial charge in [-0.1, -0.05) is 6.07 Å². The number of hydrogen-bond acceptors (Lipinski definition) is 7. The van der Waals surface area contributed by atoms with E-state index in [1.165, 1.54) is 54.4 Å². The lowest BCUT2D eigenvalue weighted by molar-refractivity contribution is -0.385. The molecule has 3 rings (SSSR count). The predicted octanol–water partition coefficient (Wildman–Crippen LogP) is 1.33. The third-order valence-corrected chi connectivity index (χ3v) is 6.18. The second-order valence-electron chi connectivity index (χ2n) is 7.09. The fourth-order valence-corrected chi connectivity index (χ4v) is 4.16. The normalized spacial score (nSPS) is 14.0. The van der Waals surface area contributed by atoms with Gasteiger partial charge in [0, 0.05) is 43.5 Å². The fraction of sp³-hybridized carbons (Fsp3) is 0.300. The van der Waals surface area contributed by atoms with Crippen molar-refractivity contribution >= 4 is 33.2 Å². The molecule has 1 N–H and O–H groups in total. The van der Waals surface area contributed by atoms with E-state index in [1.807, 2.05) is 0 Å². The Hall–Kier alpha value is -3.51. The highest BCUT2D eigenvalue weighted by Crippen LogP contribution is 2.21. The van der Waals surface area contributed by atoms with Gasteiger partial charge in [-0.25, -0.2) is 8.42 Å². The zero-order valence-electron chi connectivity index (χ0n) is 17.3. The fourth-order valence-electron chi connectivity index (χ4n) is 3.07. The molecule has 0 unspecified atom stereocenters. The molecule has 0 saturated carbocycles. The van der Waals surface area contributed by atoms with Gasteiger partial charge in [0.05, 0.1) is 29.6 Å². The number of amides is 2. The average Bonchev–Trinajstić information content (AvgIpc) is 2.79. The first-order valence-electron chi connectivity index (χ1n) is 9.66. The molecule has 0 aliphatic carbocycles. The van der Waals surface area contributed by atoms with Crippen LogP contribution >= 0.6 is 0 Å². The summed E-state index contributed by atoms with van der Waals surface area (Å²) in [5.74, 6) is -0.565. The number of non-ortho nitro benzene ring substituents is 1. The topological polar surface area (TPSA) is 139 Å². The van der Waals surface area contributed by atoms with Gasteiger partial charge in [0.25, 0.3) is 21.6 Å². The molecule has 2 aromatic rings. The molecule has 0 spiro atoms. The number of benzene rings is 2. The molecule has 0 radical (unpaired) electrons. The molecule has 1 aliphatic rings. The van der Waals surface area contributed by atoms with Crippen LogP contribution in [-0.4, -0.2) is 74.9 Å². The van der Waals surface area contributed by atoms with Crippen LogP contribution in [0, 0.1) is 10.1 Å². The van der Waals surface area contributed by atoms with E-state index < -0.39 is 14.9 Å². The number of nitro benzene ring substituents is 1. The second kappa shape index (κ2) is 9.75. The molecule has 170 valence electrons. The Bertz CT molecular complexity index is 1110. The van der Waals surface area contributed by atoms with Crippen LogP contribution in [0.2, 0.25) is 0 Å². The molecule has 0 aromatic heterocycles. The number of nitrogens with zero attached hydrogens (tertiary/aromatic N) is 3. The van der Waals surface area contributed by atoms with Crippen molar-refractivity contribution in [2.24, 2.45) is 0 Å². The van der Waals surface area contributed by atoms with Crippen molar-refractivity contribution in [1.82, 2.24) is 9.80 Å². The molecule has 0 bridgehead atoms. The number of ether oxygens (including phenoxy) is 1. The highest BCUT2D eigenvalue weighted by Gasteiger charge is 2.22. The largest absolute Gasteiger partial charge is 0.378 e. The van der Waals surface area contributed by atoms with Gasteiger partial charge in [-0.3, -0.25) is 24.4 Å². The third kappa shape index (κ3) is 5.59. The van der Waals surface area contributed by atoms with Crippen molar-refractivity contribution in [3.63, 3.8) is 0 Å². The summed E-state index contributed by atoms with van der Waals surface area (Å²) in [6.07, 6.45) is 0. The summed E-state index contributed by atoms with van der Waals surface area (Å²) in [5.41, 5.74) is 0.115. The molecule has 0 atom stereocenters. The van der Waals surface area contributed by atoms with Crippen molar-refractivity contribution in [3.8, 4) is 0 Å². The van der Waals surface area contributed by atoms with Crippen LogP contribution < -0.4 is 4.72 Å². The van der Waals surface area contributed by atoms with E-state index in [0.717, 1.165) is 6.07 Å². The summed E-state index contributed by atoms with van der Waals surface area (Å²) in [7, 11) is -2.54. The van der Waals surface area contributed by atoms with E-state index in [1.54, 1.807) is 4.90 Å². The van der Waals surface area contributed by atoms with Gasteiger partial charge in [0.15, 0.2) is 0 Å². The molecule has 2 amide bonds. The van der Waals surface area contributed by atoms with E-state index in [4.69, 9.17) is 4.74 Å². The Kier molecular flexibility index (Phi) is 7.05. The standard InChI is InChI=1S/C20H22N4O7S/c1-22(14-19(25)23-9-11-31-12-10-23)20(26)15-5-7-16(8-6-15)21-32(29,30)18-4-2-3-17(13-18)24(27)28/h2-8,13,21H,9-12,14H2,1H3.